The van der Waals surface area contributed by atoms with E-state index in [2.05, 4.69) is 0 Å². The summed E-state index contributed by atoms with van der Waals surface area (Å²) in [6, 6.07) is 11.0. The quantitative estimate of drug-likeness (QED) is 0.825. The minimum Gasteiger partial charge on any atom is -0.339 e. The second-order valence-corrected chi connectivity index (χ2v) is 6.10. The van der Waals surface area contributed by atoms with E-state index in [0.717, 1.165) is 10.1 Å². The highest BCUT2D eigenvalue weighted by Gasteiger charge is 2.33. The standard InChI is InChI=1S/C17H20N4O3.ClH/c1-19-15(22)7-8-20(17(19)24)11-16(23)21-9-13(14(18)10-21)12-5-3-2-4-6-12;/h2-8,13-14H,9-11,18H2,1H3;1H/t13-,14+;/m0./s1. The largest absolute Gasteiger partial charge is 0.339 e. The Balaban J connectivity index is 0.00000225. The number of halogens is 1. The highest BCUT2D eigenvalue weighted by molar-refractivity contribution is 5.85. The summed E-state index contributed by atoms with van der Waals surface area (Å²) in [5.74, 6) is -0.0865. The lowest BCUT2D eigenvalue weighted by molar-refractivity contribution is -0.130. The summed E-state index contributed by atoms with van der Waals surface area (Å²) in [7, 11) is 1.39. The van der Waals surface area contributed by atoms with Crippen molar-refractivity contribution in [2.45, 2.75) is 18.5 Å². The predicted molar refractivity (Wildman–Crippen MR) is 96.9 cm³/mol. The highest BCUT2D eigenvalue weighted by atomic mass is 35.5. The maximum absolute atomic E-state index is 12.5. The molecule has 2 heterocycles. The molecule has 0 spiro atoms. The first-order valence-electron chi connectivity index (χ1n) is 7.82. The molecular formula is C17H21ClN4O3. The Kier molecular flexibility index (Phi) is 5.81. The highest BCUT2D eigenvalue weighted by Crippen LogP contribution is 2.26. The van der Waals surface area contributed by atoms with Gasteiger partial charge in [0, 0.05) is 44.4 Å². The minimum atomic E-state index is -0.501. The Labute approximate surface area is 151 Å². The fraction of sp³-hybridized carbons (Fsp3) is 0.353. The van der Waals surface area contributed by atoms with Gasteiger partial charge in [-0.1, -0.05) is 30.3 Å². The van der Waals surface area contributed by atoms with Crippen molar-refractivity contribution in [2.75, 3.05) is 13.1 Å². The van der Waals surface area contributed by atoms with Crippen LogP contribution in [0.15, 0.2) is 52.2 Å². The van der Waals surface area contributed by atoms with Crippen molar-refractivity contribution >= 4 is 18.3 Å². The van der Waals surface area contributed by atoms with Gasteiger partial charge in [-0.3, -0.25) is 18.7 Å². The van der Waals surface area contributed by atoms with E-state index in [0.29, 0.717) is 13.1 Å². The Morgan fingerprint density at radius 1 is 1.16 bits per heavy atom. The smallest absolute Gasteiger partial charge is 0.331 e. The Morgan fingerprint density at radius 3 is 2.52 bits per heavy atom. The molecule has 1 amide bonds. The predicted octanol–water partition coefficient (Wildman–Crippen LogP) is -0.0779. The molecule has 0 unspecified atom stereocenters. The van der Waals surface area contributed by atoms with Gasteiger partial charge >= 0.3 is 5.69 Å². The van der Waals surface area contributed by atoms with Crippen LogP contribution in [0.3, 0.4) is 0 Å². The third kappa shape index (κ3) is 3.83. The Hall–Kier alpha value is -2.38. The summed E-state index contributed by atoms with van der Waals surface area (Å²) in [6.45, 7) is 0.893. The van der Waals surface area contributed by atoms with Crippen molar-refractivity contribution in [2.24, 2.45) is 12.8 Å². The van der Waals surface area contributed by atoms with Crippen LogP contribution in [-0.2, 0) is 18.4 Å². The SMILES string of the molecule is Cl.Cn1c(=O)ccn(CC(=O)N2C[C@@H](N)[C@H](c3ccccc3)C2)c1=O. The maximum Gasteiger partial charge on any atom is 0.331 e. The monoisotopic (exact) mass is 364 g/mol. The summed E-state index contributed by atoms with van der Waals surface area (Å²) >= 11 is 0. The van der Waals surface area contributed by atoms with Crippen LogP contribution in [0.2, 0.25) is 0 Å². The van der Waals surface area contributed by atoms with Gasteiger partial charge in [0.1, 0.15) is 6.54 Å². The van der Waals surface area contributed by atoms with Crippen LogP contribution < -0.4 is 17.0 Å². The molecule has 1 fully saturated rings. The fourth-order valence-corrected chi connectivity index (χ4v) is 3.07. The number of hydrogen-bond donors (Lipinski definition) is 1. The average molecular weight is 365 g/mol. The van der Waals surface area contributed by atoms with E-state index in [1.54, 1.807) is 4.90 Å². The van der Waals surface area contributed by atoms with Gasteiger partial charge in [-0.25, -0.2) is 4.79 Å². The van der Waals surface area contributed by atoms with Crippen LogP contribution in [0.1, 0.15) is 11.5 Å². The van der Waals surface area contributed by atoms with Gasteiger partial charge in [-0.15, -0.1) is 12.4 Å². The third-order valence-corrected chi connectivity index (χ3v) is 4.51. The number of nitrogens with zero attached hydrogens (tertiary/aromatic N) is 3. The molecule has 8 heteroatoms. The Morgan fingerprint density at radius 2 is 1.84 bits per heavy atom. The second-order valence-electron chi connectivity index (χ2n) is 6.10. The van der Waals surface area contributed by atoms with E-state index in [9.17, 15) is 14.4 Å². The number of benzene rings is 1. The number of hydrogen-bond acceptors (Lipinski definition) is 4. The van der Waals surface area contributed by atoms with Crippen LogP contribution >= 0.6 is 12.4 Å². The molecule has 2 aromatic rings. The topological polar surface area (TPSA) is 90.3 Å². The van der Waals surface area contributed by atoms with Gasteiger partial charge in [-0.05, 0) is 5.56 Å². The van der Waals surface area contributed by atoms with E-state index < -0.39 is 11.2 Å². The van der Waals surface area contributed by atoms with E-state index in [1.807, 2.05) is 30.3 Å². The normalized spacial score (nSPS) is 19.5. The molecule has 1 saturated heterocycles. The molecule has 0 aliphatic carbocycles. The van der Waals surface area contributed by atoms with Gasteiger partial charge in [0.25, 0.3) is 5.56 Å². The second kappa shape index (κ2) is 7.67. The molecule has 2 atom stereocenters. The number of carbonyl (C=O) groups is 1. The van der Waals surface area contributed by atoms with E-state index in [4.69, 9.17) is 5.73 Å². The van der Waals surface area contributed by atoms with Crippen molar-refractivity contribution in [1.82, 2.24) is 14.0 Å². The molecule has 1 aliphatic heterocycles. The van der Waals surface area contributed by atoms with Crippen LogP contribution in [0, 0.1) is 0 Å². The molecule has 25 heavy (non-hydrogen) atoms. The molecule has 1 aromatic carbocycles. The zero-order valence-corrected chi connectivity index (χ0v) is 14.7. The van der Waals surface area contributed by atoms with Crippen LogP contribution in [0.4, 0.5) is 0 Å². The molecule has 1 aliphatic rings. The zero-order valence-electron chi connectivity index (χ0n) is 13.9. The van der Waals surface area contributed by atoms with Crippen LogP contribution in [0.25, 0.3) is 0 Å². The van der Waals surface area contributed by atoms with Crippen molar-refractivity contribution in [3.05, 3.63) is 69.0 Å². The van der Waals surface area contributed by atoms with E-state index >= 15 is 0 Å². The molecule has 0 saturated carbocycles. The number of aromatic nitrogens is 2. The molecule has 2 N–H and O–H groups in total. The molecule has 134 valence electrons. The summed E-state index contributed by atoms with van der Waals surface area (Å²) < 4.78 is 2.22. The van der Waals surface area contributed by atoms with E-state index in [1.165, 1.54) is 23.9 Å². The molecule has 3 rings (SSSR count). The molecular weight excluding hydrogens is 344 g/mol. The summed E-state index contributed by atoms with van der Waals surface area (Å²) in [4.78, 5) is 37.6. The third-order valence-electron chi connectivity index (χ3n) is 4.51. The van der Waals surface area contributed by atoms with Gasteiger partial charge in [-0.2, -0.15) is 0 Å². The lowest BCUT2D eigenvalue weighted by Crippen LogP contribution is -2.41. The van der Waals surface area contributed by atoms with Gasteiger partial charge in [0.15, 0.2) is 0 Å². The van der Waals surface area contributed by atoms with Crippen molar-refractivity contribution < 1.29 is 4.79 Å². The van der Waals surface area contributed by atoms with Crippen LogP contribution in [-0.4, -0.2) is 39.1 Å². The number of carbonyl (C=O) groups excluding carboxylic acids is 1. The van der Waals surface area contributed by atoms with Gasteiger partial charge in [0.2, 0.25) is 5.91 Å². The van der Waals surface area contributed by atoms with Crippen molar-refractivity contribution in [3.63, 3.8) is 0 Å². The molecule has 7 nitrogen and oxygen atoms in total. The summed E-state index contributed by atoms with van der Waals surface area (Å²) in [6.07, 6.45) is 1.35. The lowest BCUT2D eigenvalue weighted by atomic mass is 9.95. The number of rotatable bonds is 3. The zero-order chi connectivity index (χ0) is 17.3. The molecule has 0 radical (unpaired) electrons. The number of likely N-dealkylation sites (tertiary alicyclic amines) is 1. The van der Waals surface area contributed by atoms with Gasteiger partial charge < -0.3 is 10.6 Å². The number of amides is 1. The summed E-state index contributed by atoms with van der Waals surface area (Å²) in [5.41, 5.74) is 6.42. The van der Waals surface area contributed by atoms with Crippen molar-refractivity contribution in [3.8, 4) is 0 Å². The minimum absolute atomic E-state index is 0. The number of nitrogens with two attached hydrogens (primary N) is 1. The first kappa shape index (κ1) is 19.0. The maximum atomic E-state index is 12.5. The summed E-state index contributed by atoms with van der Waals surface area (Å²) in [5, 5.41) is 0. The first-order valence-corrected chi connectivity index (χ1v) is 7.82. The lowest BCUT2D eigenvalue weighted by Gasteiger charge is -2.17. The fourth-order valence-electron chi connectivity index (χ4n) is 3.07. The van der Waals surface area contributed by atoms with Crippen LogP contribution in [0.5, 0.6) is 0 Å². The van der Waals surface area contributed by atoms with E-state index in [-0.39, 0.29) is 36.8 Å². The molecule has 1 aromatic heterocycles. The molecule has 0 bridgehead atoms. The van der Waals surface area contributed by atoms with Crippen molar-refractivity contribution in [1.29, 1.82) is 0 Å². The average Bonchev–Trinajstić information content (AvgIpc) is 2.98. The first-order chi connectivity index (χ1) is 11.5. The Bertz CT molecular complexity index is 862. The van der Waals surface area contributed by atoms with Gasteiger partial charge in [0.05, 0.1) is 0 Å².